The molecule has 0 spiro atoms. The van der Waals surface area contributed by atoms with Gasteiger partial charge in [-0.05, 0) is 95.3 Å². The lowest BCUT2D eigenvalue weighted by Crippen LogP contribution is -2.24. The molecule has 1 atom stereocenters. The number of ether oxygens (including phenoxy) is 2. The van der Waals surface area contributed by atoms with Crippen LogP contribution in [0.4, 0.5) is 10.1 Å². The normalized spacial score (nSPS) is 14.4. The molecule has 3 aromatic carbocycles. The van der Waals surface area contributed by atoms with Crippen molar-refractivity contribution in [2.75, 3.05) is 30.5 Å². The Morgan fingerprint density at radius 1 is 1.13 bits per heavy atom. The molecule has 0 radical (unpaired) electrons. The minimum absolute atomic E-state index is 0.122. The SMILES string of the molecule is CCc1cc(OCCCSC)cc(CC)c1-c1cccc(C2COc3cc(CCC(=O)O)c(F)cc3N2)c1. The largest absolute Gasteiger partial charge is 0.494 e. The second kappa shape index (κ2) is 13.1. The number of hydrogen-bond acceptors (Lipinski definition) is 5. The highest BCUT2D eigenvalue weighted by atomic mass is 32.2. The van der Waals surface area contributed by atoms with Gasteiger partial charge in [-0.1, -0.05) is 32.0 Å². The van der Waals surface area contributed by atoms with Crippen LogP contribution in [0.3, 0.4) is 0 Å². The smallest absolute Gasteiger partial charge is 0.303 e. The number of anilines is 1. The Hall–Kier alpha value is -3.19. The fourth-order valence-corrected chi connectivity index (χ4v) is 5.30. The molecule has 38 heavy (non-hydrogen) atoms. The van der Waals surface area contributed by atoms with E-state index in [9.17, 15) is 9.18 Å². The summed E-state index contributed by atoms with van der Waals surface area (Å²) < 4.78 is 26.7. The molecule has 0 saturated heterocycles. The maximum absolute atomic E-state index is 14.7. The number of carboxylic acid groups (broad SMARTS) is 1. The van der Waals surface area contributed by atoms with Gasteiger partial charge in [-0.2, -0.15) is 11.8 Å². The number of hydrogen-bond donors (Lipinski definition) is 2. The van der Waals surface area contributed by atoms with E-state index < -0.39 is 11.8 Å². The van der Waals surface area contributed by atoms with E-state index in [2.05, 4.69) is 61.8 Å². The van der Waals surface area contributed by atoms with Crippen LogP contribution >= 0.6 is 11.8 Å². The Bertz CT molecular complexity index is 1250. The van der Waals surface area contributed by atoms with Gasteiger partial charge in [0.05, 0.1) is 18.3 Å². The first-order valence-corrected chi connectivity index (χ1v) is 14.6. The average Bonchev–Trinajstić information content (AvgIpc) is 2.93. The van der Waals surface area contributed by atoms with Crippen LogP contribution in [0.1, 0.15) is 55.0 Å². The van der Waals surface area contributed by atoms with Gasteiger partial charge in [0.1, 0.15) is 23.9 Å². The van der Waals surface area contributed by atoms with Crippen molar-refractivity contribution in [1.82, 2.24) is 0 Å². The van der Waals surface area contributed by atoms with Gasteiger partial charge in [0.2, 0.25) is 0 Å². The summed E-state index contributed by atoms with van der Waals surface area (Å²) >= 11 is 1.83. The van der Waals surface area contributed by atoms with Crippen molar-refractivity contribution in [3.05, 3.63) is 76.6 Å². The van der Waals surface area contributed by atoms with E-state index in [0.717, 1.165) is 48.5 Å². The molecule has 0 aliphatic carbocycles. The number of benzene rings is 3. The maximum atomic E-state index is 14.7. The zero-order valence-corrected chi connectivity index (χ0v) is 23.1. The quantitative estimate of drug-likeness (QED) is 0.236. The Morgan fingerprint density at radius 2 is 1.89 bits per heavy atom. The van der Waals surface area contributed by atoms with E-state index in [1.54, 1.807) is 6.07 Å². The van der Waals surface area contributed by atoms with E-state index in [4.69, 9.17) is 14.6 Å². The van der Waals surface area contributed by atoms with Crippen molar-refractivity contribution in [1.29, 1.82) is 0 Å². The minimum atomic E-state index is -0.952. The minimum Gasteiger partial charge on any atom is -0.494 e. The molecule has 0 bridgehead atoms. The van der Waals surface area contributed by atoms with Gasteiger partial charge in [-0.25, -0.2) is 4.39 Å². The second-order valence-electron chi connectivity index (χ2n) is 9.49. The summed E-state index contributed by atoms with van der Waals surface area (Å²) in [5.41, 5.74) is 6.91. The number of thioether (sulfide) groups is 1. The Morgan fingerprint density at radius 3 is 2.58 bits per heavy atom. The van der Waals surface area contributed by atoms with Crippen molar-refractivity contribution < 1.29 is 23.8 Å². The van der Waals surface area contributed by atoms with Crippen molar-refractivity contribution in [3.63, 3.8) is 0 Å². The van der Waals surface area contributed by atoms with Gasteiger partial charge in [0.15, 0.2) is 0 Å². The molecule has 4 rings (SSSR count). The summed E-state index contributed by atoms with van der Waals surface area (Å²) in [7, 11) is 0. The monoisotopic (exact) mass is 537 g/mol. The van der Waals surface area contributed by atoms with E-state index in [0.29, 0.717) is 23.6 Å². The van der Waals surface area contributed by atoms with Crippen LogP contribution in [0.15, 0.2) is 48.5 Å². The van der Waals surface area contributed by atoms with E-state index in [1.807, 2.05) is 11.8 Å². The first-order chi connectivity index (χ1) is 18.4. The molecule has 0 fully saturated rings. The molecule has 0 aromatic heterocycles. The molecule has 2 N–H and O–H groups in total. The summed E-state index contributed by atoms with van der Waals surface area (Å²) in [4.78, 5) is 10.9. The number of fused-ring (bicyclic) bond motifs is 1. The number of rotatable bonds is 12. The Balaban J connectivity index is 1.57. The average molecular weight is 538 g/mol. The van der Waals surface area contributed by atoms with Gasteiger partial charge < -0.3 is 19.9 Å². The number of halogens is 1. The van der Waals surface area contributed by atoms with Crippen LogP contribution in [-0.2, 0) is 24.1 Å². The lowest BCUT2D eigenvalue weighted by Gasteiger charge is -2.29. The van der Waals surface area contributed by atoms with Gasteiger partial charge in [0, 0.05) is 12.5 Å². The molecule has 0 amide bonds. The van der Waals surface area contributed by atoms with Crippen molar-refractivity contribution in [2.45, 2.75) is 52.0 Å². The van der Waals surface area contributed by atoms with Crippen LogP contribution < -0.4 is 14.8 Å². The molecule has 3 aromatic rings. The molecule has 1 unspecified atom stereocenters. The topological polar surface area (TPSA) is 67.8 Å². The zero-order valence-electron chi connectivity index (χ0n) is 22.3. The Labute approximate surface area is 228 Å². The number of carbonyl (C=O) groups is 1. The third kappa shape index (κ3) is 6.62. The summed E-state index contributed by atoms with van der Waals surface area (Å²) in [6.07, 6.45) is 4.95. The number of nitrogens with one attached hydrogen (secondary N) is 1. The van der Waals surface area contributed by atoms with E-state index in [-0.39, 0.29) is 18.9 Å². The standard InChI is InChI=1S/C31H36FNO4S/c1-4-20-15-25(36-12-7-13-38-3)16-21(5-2)31(20)24-9-6-8-23(14-24)28-19-37-29-17-22(10-11-30(34)35)26(32)18-27(29)33-28/h6,8-9,14-18,28,33H,4-5,7,10-13,19H2,1-3H3,(H,34,35). The molecule has 7 heteroatoms. The van der Waals surface area contributed by atoms with Crippen LogP contribution in [0.5, 0.6) is 11.5 Å². The number of aliphatic carboxylic acids is 1. The van der Waals surface area contributed by atoms with Crippen LogP contribution in [0.25, 0.3) is 11.1 Å². The summed E-state index contributed by atoms with van der Waals surface area (Å²) in [6, 6.07) is 15.7. The third-order valence-electron chi connectivity index (χ3n) is 6.87. The van der Waals surface area contributed by atoms with Gasteiger partial charge in [-0.15, -0.1) is 0 Å². The van der Waals surface area contributed by atoms with Gasteiger partial charge in [0.25, 0.3) is 0 Å². The van der Waals surface area contributed by atoms with Gasteiger partial charge in [-0.3, -0.25) is 4.79 Å². The fourth-order valence-electron chi connectivity index (χ4n) is 4.89. The maximum Gasteiger partial charge on any atom is 0.303 e. The van der Waals surface area contributed by atoms with E-state index >= 15 is 0 Å². The second-order valence-corrected chi connectivity index (χ2v) is 10.5. The molecule has 1 aliphatic heterocycles. The highest BCUT2D eigenvalue weighted by molar-refractivity contribution is 7.98. The molecule has 202 valence electrons. The summed E-state index contributed by atoms with van der Waals surface area (Å²) in [5, 5.41) is 12.3. The zero-order chi connectivity index (χ0) is 27.1. The predicted molar refractivity (Wildman–Crippen MR) is 153 cm³/mol. The predicted octanol–water partition coefficient (Wildman–Crippen LogP) is 7.31. The van der Waals surface area contributed by atoms with Gasteiger partial charge >= 0.3 is 5.97 Å². The fraction of sp³-hybridized carbons (Fsp3) is 0.387. The highest BCUT2D eigenvalue weighted by Gasteiger charge is 2.23. The van der Waals surface area contributed by atoms with Crippen LogP contribution in [0, 0.1) is 5.82 Å². The first kappa shape index (κ1) is 27.8. The summed E-state index contributed by atoms with van der Waals surface area (Å²) in [6.45, 7) is 5.46. The molecule has 5 nitrogen and oxygen atoms in total. The third-order valence-corrected chi connectivity index (χ3v) is 7.57. The van der Waals surface area contributed by atoms with Crippen molar-refractivity contribution in [3.8, 4) is 22.6 Å². The number of aryl methyl sites for hydroxylation is 3. The number of carboxylic acids is 1. The van der Waals surface area contributed by atoms with Crippen molar-refractivity contribution in [2.24, 2.45) is 0 Å². The lowest BCUT2D eigenvalue weighted by molar-refractivity contribution is -0.136. The van der Waals surface area contributed by atoms with Crippen LogP contribution in [0.2, 0.25) is 0 Å². The molecule has 1 aliphatic rings. The van der Waals surface area contributed by atoms with E-state index in [1.165, 1.54) is 22.8 Å². The highest BCUT2D eigenvalue weighted by Crippen LogP contribution is 2.38. The van der Waals surface area contributed by atoms with Crippen molar-refractivity contribution >= 4 is 23.4 Å². The molecular weight excluding hydrogens is 501 g/mol. The molecule has 1 heterocycles. The first-order valence-electron chi connectivity index (χ1n) is 13.2. The Kier molecular flexibility index (Phi) is 9.56. The van der Waals surface area contributed by atoms with Crippen LogP contribution in [-0.4, -0.2) is 36.3 Å². The lowest BCUT2D eigenvalue weighted by atomic mass is 9.89. The molecule has 0 saturated carbocycles. The summed E-state index contributed by atoms with van der Waals surface area (Å²) in [5.74, 6) is 1.20. The molecular formula is C31H36FNO4S.